The SMILES string of the molecule is CCOCOCC(COCOCC)C(=O)O. The van der Waals surface area contributed by atoms with Gasteiger partial charge in [0.2, 0.25) is 0 Å². The lowest BCUT2D eigenvalue weighted by molar-refractivity contribution is -0.152. The third kappa shape index (κ3) is 8.60. The van der Waals surface area contributed by atoms with E-state index in [1.165, 1.54) is 0 Å². The summed E-state index contributed by atoms with van der Waals surface area (Å²) in [6.45, 7) is 5.10. The van der Waals surface area contributed by atoms with Crippen LogP contribution in [0.15, 0.2) is 0 Å². The van der Waals surface area contributed by atoms with Gasteiger partial charge in [-0.2, -0.15) is 0 Å². The first-order valence-electron chi connectivity index (χ1n) is 5.26. The van der Waals surface area contributed by atoms with E-state index >= 15 is 0 Å². The van der Waals surface area contributed by atoms with Crippen molar-refractivity contribution in [2.45, 2.75) is 13.8 Å². The van der Waals surface area contributed by atoms with E-state index in [1.54, 1.807) is 0 Å². The molecule has 0 aromatic rings. The lowest BCUT2D eigenvalue weighted by atomic mass is 10.2. The van der Waals surface area contributed by atoms with Crippen LogP contribution < -0.4 is 0 Å². The van der Waals surface area contributed by atoms with Crippen LogP contribution >= 0.6 is 0 Å². The average Bonchev–Trinajstić information content (AvgIpc) is 2.26. The standard InChI is InChI=1S/C10H20O6/c1-3-13-7-15-5-9(10(11)12)6-16-8-14-4-2/h9H,3-8H2,1-2H3,(H,11,12). The molecule has 1 N–H and O–H groups in total. The van der Waals surface area contributed by atoms with E-state index in [9.17, 15) is 4.79 Å². The van der Waals surface area contributed by atoms with Gasteiger partial charge >= 0.3 is 5.97 Å². The van der Waals surface area contributed by atoms with Crippen LogP contribution in [0.1, 0.15) is 13.8 Å². The minimum atomic E-state index is -0.951. The van der Waals surface area contributed by atoms with Gasteiger partial charge in [-0.3, -0.25) is 4.79 Å². The zero-order chi connectivity index (χ0) is 12.2. The fourth-order valence-corrected chi connectivity index (χ4v) is 0.856. The van der Waals surface area contributed by atoms with Gasteiger partial charge < -0.3 is 24.1 Å². The summed E-state index contributed by atoms with van der Waals surface area (Å²) in [7, 11) is 0. The highest BCUT2D eigenvalue weighted by Gasteiger charge is 2.17. The molecule has 0 aromatic heterocycles. The largest absolute Gasteiger partial charge is 0.481 e. The van der Waals surface area contributed by atoms with Crippen LogP contribution in [-0.2, 0) is 23.7 Å². The fraction of sp³-hybridized carbons (Fsp3) is 0.900. The maximum atomic E-state index is 10.8. The Hall–Kier alpha value is -0.690. The smallest absolute Gasteiger partial charge is 0.311 e. The van der Waals surface area contributed by atoms with Crippen LogP contribution in [0.25, 0.3) is 0 Å². The number of hydrogen-bond acceptors (Lipinski definition) is 5. The second-order valence-electron chi connectivity index (χ2n) is 3.00. The molecule has 0 heterocycles. The molecule has 0 aliphatic rings. The molecule has 16 heavy (non-hydrogen) atoms. The second-order valence-corrected chi connectivity index (χ2v) is 3.00. The molecule has 6 nitrogen and oxygen atoms in total. The zero-order valence-electron chi connectivity index (χ0n) is 9.81. The summed E-state index contributed by atoms with van der Waals surface area (Å²) >= 11 is 0. The summed E-state index contributed by atoms with van der Waals surface area (Å²) in [5, 5.41) is 8.84. The van der Waals surface area contributed by atoms with Crippen molar-refractivity contribution >= 4 is 5.97 Å². The molecule has 6 heteroatoms. The van der Waals surface area contributed by atoms with Gasteiger partial charge in [0.15, 0.2) is 0 Å². The van der Waals surface area contributed by atoms with Crippen molar-refractivity contribution in [1.82, 2.24) is 0 Å². The lowest BCUT2D eigenvalue weighted by Crippen LogP contribution is -2.26. The Labute approximate surface area is 95.4 Å². The first-order chi connectivity index (χ1) is 7.72. The van der Waals surface area contributed by atoms with Gasteiger partial charge in [-0.15, -0.1) is 0 Å². The summed E-state index contributed by atoms with van der Waals surface area (Å²) in [4.78, 5) is 10.8. The minimum absolute atomic E-state index is 0.0709. The molecular formula is C10H20O6. The second kappa shape index (κ2) is 10.8. The van der Waals surface area contributed by atoms with Crippen molar-refractivity contribution in [2.75, 3.05) is 40.0 Å². The molecule has 96 valence electrons. The maximum absolute atomic E-state index is 10.8. The number of hydrogen-bond donors (Lipinski definition) is 1. The van der Waals surface area contributed by atoms with E-state index in [-0.39, 0.29) is 26.8 Å². The van der Waals surface area contributed by atoms with Crippen LogP contribution in [0.3, 0.4) is 0 Å². The Morgan fingerprint density at radius 3 is 1.75 bits per heavy atom. The van der Waals surface area contributed by atoms with Crippen LogP contribution in [0.5, 0.6) is 0 Å². The highest BCUT2D eigenvalue weighted by atomic mass is 16.7. The molecule has 0 saturated heterocycles. The number of carboxylic acids is 1. The molecule has 0 atom stereocenters. The maximum Gasteiger partial charge on any atom is 0.311 e. The van der Waals surface area contributed by atoms with Crippen molar-refractivity contribution in [3.63, 3.8) is 0 Å². The van der Waals surface area contributed by atoms with E-state index in [0.717, 1.165) is 0 Å². The van der Waals surface area contributed by atoms with E-state index < -0.39 is 11.9 Å². The van der Waals surface area contributed by atoms with Crippen molar-refractivity contribution in [3.8, 4) is 0 Å². The van der Waals surface area contributed by atoms with E-state index in [1.807, 2.05) is 13.8 Å². The van der Waals surface area contributed by atoms with Gasteiger partial charge in [0, 0.05) is 13.2 Å². The Bertz CT molecular complexity index is 161. The van der Waals surface area contributed by atoms with Crippen LogP contribution in [0.4, 0.5) is 0 Å². The van der Waals surface area contributed by atoms with Crippen molar-refractivity contribution in [1.29, 1.82) is 0 Å². The lowest BCUT2D eigenvalue weighted by Gasteiger charge is -2.13. The van der Waals surface area contributed by atoms with Crippen molar-refractivity contribution in [2.24, 2.45) is 5.92 Å². The quantitative estimate of drug-likeness (QED) is 0.420. The molecule has 0 unspecified atom stereocenters. The van der Waals surface area contributed by atoms with Crippen molar-refractivity contribution in [3.05, 3.63) is 0 Å². The molecule has 0 radical (unpaired) electrons. The normalized spacial score (nSPS) is 10.9. The van der Waals surface area contributed by atoms with Crippen LogP contribution in [0, 0.1) is 5.92 Å². The predicted molar refractivity (Wildman–Crippen MR) is 56.0 cm³/mol. The molecule has 0 fully saturated rings. The summed E-state index contributed by atoms with van der Waals surface area (Å²) in [5.74, 6) is -1.64. The van der Waals surface area contributed by atoms with E-state index in [2.05, 4.69) is 0 Å². The molecule has 0 amide bonds. The fourth-order valence-electron chi connectivity index (χ4n) is 0.856. The molecule has 0 rings (SSSR count). The summed E-state index contributed by atoms with van der Waals surface area (Å²) in [6.07, 6.45) is 0. The highest BCUT2D eigenvalue weighted by Crippen LogP contribution is 2.00. The van der Waals surface area contributed by atoms with Crippen LogP contribution in [0.2, 0.25) is 0 Å². The number of rotatable bonds is 11. The monoisotopic (exact) mass is 236 g/mol. The Balaban J connectivity index is 3.59. The Kier molecular flexibility index (Phi) is 10.3. The zero-order valence-corrected chi connectivity index (χ0v) is 9.81. The molecule has 0 aromatic carbocycles. The third-order valence-corrected chi connectivity index (χ3v) is 1.73. The topological polar surface area (TPSA) is 74.2 Å². The number of carbonyl (C=O) groups is 1. The minimum Gasteiger partial charge on any atom is -0.481 e. The van der Waals surface area contributed by atoms with Gasteiger partial charge in [0.1, 0.15) is 19.5 Å². The molecule has 0 aliphatic heterocycles. The van der Waals surface area contributed by atoms with Crippen LogP contribution in [-0.4, -0.2) is 51.1 Å². The number of carboxylic acid groups (broad SMARTS) is 1. The van der Waals surface area contributed by atoms with E-state index in [0.29, 0.717) is 13.2 Å². The van der Waals surface area contributed by atoms with Gasteiger partial charge in [-0.05, 0) is 13.8 Å². The summed E-state index contributed by atoms with van der Waals surface area (Å²) < 4.78 is 19.9. The van der Waals surface area contributed by atoms with Gasteiger partial charge in [0.25, 0.3) is 0 Å². The number of aliphatic carboxylic acids is 1. The third-order valence-electron chi connectivity index (χ3n) is 1.73. The van der Waals surface area contributed by atoms with Gasteiger partial charge in [-0.25, -0.2) is 0 Å². The first kappa shape index (κ1) is 15.3. The van der Waals surface area contributed by atoms with Gasteiger partial charge in [-0.1, -0.05) is 0 Å². The molecule has 0 aliphatic carbocycles. The Morgan fingerprint density at radius 1 is 1.00 bits per heavy atom. The molecule has 0 bridgehead atoms. The van der Waals surface area contributed by atoms with Gasteiger partial charge in [0.05, 0.1) is 13.2 Å². The molecule has 0 saturated carbocycles. The predicted octanol–water partition coefficient (Wildman–Crippen LogP) is 0.708. The molecular weight excluding hydrogens is 216 g/mol. The van der Waals surface area contributed by atoms with E-state index in [4.69, 9.17) is 24.1 Å². The first-order valence-corrected chi connectivity index (χ1v) is 5.26. The Morgan fingerprint density at radius 2 is 1.44 bits per heavy atom. The summed E-state index contributed by atoms with van der Waals surface area (Å²) in [6, 6.07) is 0. The average molecular weight is 236 g/mol. The van der Waals surface area contributed by atoms with Crippen molar-refractivity contribution < 1.29 is 28.8 Å². The highest BCUT2D eigenvalue weighted by molar-refractivity contribution is 5.70. The molecule has 0 spiro atoms. The summed E-state index contributed by atoms with van der Waals surface area (Å²) in [5.41, 5.74) is 0. The number of ether oxygens (including phenoxy) is 4.